The van der Waals surface area contributed by atoms with Gasteiger partial charge in [-0.15, -0.1) is 0 Å². The van der Waals surface area contributed by atoms with Crippen molar-refractivity contribution in [2.75, 3.05) is 27.2 Å². The predicted molar refractivity (Wildman–Crippen MR) is 75.6 cm³/mol. The summed E-state index contributed by atoms with van der Waals surface area (Å²) in [6.07, 6.45) is 4.58. The fourth-order valence-electron chi connectivity index (χ4n) is 2.51. The second-order valence-corrected chi connectivity index (χ2v) is 5.68. The number of methoxy groups -OCH3 is 1. The minimum atomic E-state index is -0.887. The third-order valence-corrected chi connectivity index (χ3v) is 3.99. The van der Waals surface area contributed by atoms with E-state index < -0.39 is 11.9 Å². The van der Waals surface area contributed by atoms with Crippen molar-refractivity contribution in [2.45, 2.75) is 38.7 Å². The molecule has 0 saturated heterocycles. The lowest BCUT2D eigenvalue weighted by molar-refractivity contribution is -0.141. The van der Waals surface area contributed by atoms with E-state index in [4.69, 9.17) is 9.84 Å². The number of nitrogens with zero attached hydrogens (tertiary/aromatic N) is 1. The molecule has 0 bridgehead atoms. The van der Waals surface area contributed by atoms with E-state index in [1.165, 1.54) is 4.90 Å². The smallest absolute Gasteiger partial charge is 0.317 e. The Bertz CT molecular complexity index is 327. The van der Waals surface area contributed by atoms with Crippen LogP contribution in [0.2, 0.25) is 0 Å². The molecule has 6 nitrogen and oxygen atoms in total. The number of carboxylic acid groups (broad SMARTS) is 1. The summed E-state index contributed by atoms with van der Waals surface area (Å²) in [6.45, 7) is 2.47. The second kappa shape index (κ2) is 8.09. The molecule has 1 aliphatic carbocycles. The summed E-state index contributed by atoms with van der Waals surface area (Å²) in [6, 6.07) is -0.202. The molecule has 0 radical (unpaired) electrons. The molecule has 2 amide bonds. The molecule has 0 aliphatic heterocycles. The number of amides is 2. The maximum Gasteiger partial charge on any atom is 0.317 e. The Hall–Kier alpha value is -1.30. The number of nitrogens with one attached hydrogen (secondary N) is 1. The van der Waals surface area contributed by atoms with Gasteiger partial charge in [-0.1, -0.05) is 6.92 Å². The molecular weight excluding hydrogens is 260 g/mol. The minimum absolute atomic E-state index is 0.202. The van der Waals surface area contributed by atoms with Crippen LogP contribution in [0.1, 0.15) is 32.6 Å². The van der Waals surface area contributed by atoms with Crippen molar-refractivity contribution in [3.63, 3.8) is 0 Å². The molecule has 1 rings (SSSR count). The molecule has 116 valence electrons. The monoisotopic (exact) mass is 286 g/mol. The summed E-state index contributed by atoms with van der Waals surface area (Å²) >= 11 is 0. The molecule has 1 aliphatic rings. The standard InChI is InChI=1S/C14H26N2O4/c1-10(13(17)18)9-16(2)14(19)15-8-11-4-6-12(20-3)7-5-11/h10-12H,4-9H2,1-3H3,(H,15,19)(H,17,18). The number of carbonyl (C=O) groups excluding carboxylic acids is 1. The summed E-state index contributed by atoms with van der Waals surface area (Å²) in [5.41, 5.74) is 0. The van der Waals surface area contributed by atoms with Crippen LogP contribution in [0.3, 0.4) is 0 Å². The van der Waals surface area contributed by atoms with E-state index in [1.807, 2.05) is 0 Å². The maximum absolute atomic E-state index is 11.9. The lowest BCUT2D eigenvalue weighted by atomic mass is 9.87. The van der Waals surface area contributed by atoms with Crippen molar-refractivity contribution in [1.29, 1.82) is 0 Å². The molecule has 0 aromatic heterocycles. The maximum atomic E-state index is 11.9. The predicted octanol–water partition coefficient (Wildman–Crippen LogP) is 1.55. The number of carbonyl (C=O) groups is 2. The molecular formula is C14H26N2O4. The number of hydrogen-bond donors (Lipinski definition) is 2. The van der Waals surface area contributed by atoms with Gasteiger partial charge in [0.15, 0.2) is 0 Å². The molecule has 0 spiro atoms. The fourth-order valence-corrected chi connectivity index (χ4v) is 2.51. The SMILES string of the molecule is COC1CCC(CNC(=O)N(C)CC(C)C(=O)O)CC1. The van der Waals surface area contributed by atoms with Gasteiger partial charge in [-0.3, -0.25) is 4.79 Å². The number of ether oxygens (including phenoxy) is 1. The molecule has 0 aromatic rings. The summed E-state index contributed by atoms with van der Waals surface area (Å²) in [5.74, 6) is -0.943. The van der Waals surface area contributed by atoms with Crippen LogP contribution in [-0.4, -0.2) is 55.4 Å². The van der Waals surface area contributed by atoms with E-state index in [0.29, 0.717) is 18.6 Å². The van der Waals surface area contributed by atoms with E-state index in [0.717, 1.165) is 25.7 Å². The Morgan fingerprint density at radius 3 is 2.45 bits per heavy atom. The van der Waals surface area contributed by atoms with Gasteiger partial charge in [-0.2, -0.15) is 0 Å². The molecule has 0 aromatic carbocycles. The molecule has 1 saturated carbocycles. The molecule has 1 unspecified atom stereocenters. The Morgan fingerprint density at radius 2 is 1.95 bits per heavy atom. The molecule has 6 heteroatoms. The van der Waals surface area contributed by atoms with E-state index in [-0.39, 0.29) is 12.6 Å². The minimum Gasteiger partial charge on any atom is -0.481 e. The largest absolute Gasteiger partial charge is 0.481 e. The van der Waals surface area contributed by atoms with Crippen molar-refractivity contribution in [3.8, 4) is 0 Å². The molecule has 0 heterocycles. The summed E-state index contributed by atoms with van der Waals surface area (Å²) < 4.78 is 5.32. The van der Waals surface area contributed by atoms with Crippen LogP contribution in [0.4, 0.5) is 4.79 Å². The van der Waals surface area contributed by atoms with E-state index >= 15 is 0 Å². The Kier molecular flexibility index (Phi) is 6.78. The van der Waals surface area contributed by atoms with Gasteiger partial charge in [0.25, 0.3) is 0 Å². The molecule has 2 N–H and O–H groups in total. The van der Waals surface area contributed by atoms with Crippen molar-refractivity contribution in [3.05, 3.63) is 0 Å². The third-order valence-electron chi connectivity index (χ3n) is 3.99. The zero-order valence-corrected chi connectivity index (χ0v) is 12.6. The average molecular weight is 286 g/mol. The fraction of sp³-hybridized carbons (Fsp3) is 0.857. The van der Waals surface area contributed by atoms with Crippen molar-refractivity contribution >= 4 is 12.0 Å². The Labute approximate surface area is 120 Å². The van der Waals surface area contributed by atoms with Crippen molar-refractivity contribution in [2.24, 2.45) is 11.8 Å². The van der Waals surface area contributed by atoms with Crippen LogP contribution in [0.5, 0.6) is 0 Å². The highest BCUT2D eigenvalue weighted by Crippen LogP contribution is 2.25. The lowest BCUT2D eigenvalue weighted by Crippen LogP contribution is -2.43. The van der Waals surface area contributed by atoms with Gasteiger partial charge < -0.3 is 20.1 Å². The molecule has 20 heavy (non-hydrogen) atoms. The van der Waals surface area contributed by atoms with Gasteiger partial charge in [0, 0.05) is 27.2 Å². The zero-order chi connectivity index (χ0) is 15.1. The third kappa shape index (κ3) is 5.36. The number of urea groups is 1. The van der Waals surface area contributed by atoms with Gasteiger partial charge in [-0.25, -0.2) is 4.79 Å². The summed E-state index contributed by atoms with van der Waals surface area (Å²) in [5, 5.41) is 11.7. The van der Waals surface area contributed by atoms with E-state index in [1.54, 1.807) is 21.1 Å². The van der Waals surface area contributed by atoms with Crippen LogP contribution in [0.25, 0.3) is 0 Å². The first-order valence-electron chi connectivity index (χ1n) is 7.18. The quantitative estimate of drug-likeness (QED) is 0.776. The Morgan fingerprint density at radius 1 is 1.35 bits per heavy atom. The number of aliphatic carboxylic acids is 1. The van der Waals surface area contributed by atoms with Gasteiger partial charge in [-0.05, 0) is 31.6 Å². The van der Waals surface area contributed by atoms with Gasteiger partial charge in [0.1, 0.15) is 0 Å². The van der Waals surface area contributed by atoms with E-state index in [9.17, 15) is 9.59 Å². The number of carboxylic acids is 1. The Balaban J connectivity index is 2.24. The lowest BCUT2D eigenvalue weighted by Gasteiger charge is -2.28. The van der Waals surface area contributed by atoms with Crippen molar-refractivity contribution < 1.29 is 19.4 Å². The van der Waals surface area contributed by atoms with Crippen LogP contribution in [0, 0.1) is 11.8 Å². The topological polar surface area (TPSA) is 78.9 Å². The highest BCUT2D eigenvalue weighted by atomic mass is 16.5. The van der Waals surface area contributed by atoms with Crippen LogP contribution in [0.15, 0.2) is 0 Å². The van der Waals surface area contributed by atoms with Gasteiger partial charge >= 0.3 is 12.0 Å². The first-order valence-corrected chi connectivity index (χ1v) is 7.18. The van der Waals surface area contributed by atoms with E-state index in [2.05, 4.69) is 5.32 Å². The van der Waals surface area contributed by atoms with Crippen LogP contribution < -0.4 is 5.32 Å². The molecule has 1 atom stereocenters. The number of hydrogen-bond acceptors (Lipinski definition) is 3. The number of rotatable bonds is 6. The van der Waals surface area contributed by atoms with Crippen molar-refractivity contribution in [1.82, 2.24) is 10.2 Å². The summed E-state index contributed by atoms with van der Waals surface area (Å²) in [7, 11) is 3.36. The summed E-state index contributed by atoms with van der Waals surface area (Å²) in [4.78, 5) is 24.0. The second-order valence-electron chi connectivity index (χ2n) is 5.68. The first-order chi connectivity index (χ1) is 9.43. The normalized spacial score (nSPS) is 23.9. The zero-order valence-electron chi connectivity index (χ0n) is 12.6. The highest BCUT2D eigenvalue weighted by Gasteiger charge is 2.22. The van der Waals surface area contributed by atoms with Crippen LogP contribution in [-0.2, 0) is 9.53 Å². The molecule has 1 fully saturated rings. The van der Waals surface area contributed by atoms with Gasteiger partial charge in [0.2, 0.25) is 0 Å². The average Bonchev–Trinajstić information content (AvgIpc) is 2.44. The highest BCUT2D eigenvalue weighted by molar-refractivity contribution is 5.75. The van der Waals surface area contributed by atoms with Gasteiger partial charge in [0.05, 0.1) is 12.0 Å². The van der Waals surface area contributed by atoms with Crippen LogP contribution >= 0.6 is 0 Å². The first kappa shape index (κ1) is 16.8.